The molecule has 16 heavy (non-hydrogen) atoms. The fraction of sp³-hybridized carbons (Fsp3) is 1.00. The van der Waals surface area contributed by atoms with Crippen molar-refractivity contribution in [2.24, 2.45) is 0 Å². The van der Waals surface area contributed by atoms with Gasteiger partial charge in [0.2, 0.25) is 0 Å². The van der Waals surface area contributed by atoms with Crippen LogP contribution >= 0.6 is 15.6 Å². The molecule has 8 nitrogen and oxygen atoms in total. The minimum Gasteiger partial charge on any atom is -0.303 e. The topological polar surface area (TPSA) is 134 Å². The van der Waals surface area contributed by atoms with Crippen LogP contribution in [0.1, 0.15) is 26.7 Å². The summed E-state index contributed by atoms with van der Waals surface area (Å²) in [6.07, 6.45) is -1.83. The van der Waals surface area contributed by atoms with Crippen molar-refractivity contribution in [1.82, 2.24) is 0 Å². The molecule has 0 aromatic rings. The number of rotatable bonds is 7. The van der Waals surface area contributed by atoms with E-state index in [0.29, 0.717) is 0 Å². The third-order valence-electron chi connectivity index (χ3n) is 1.76. The fourth-order valence-corrected chi connectivity index (χ4v) is 2.44. The predicted molar refractivity (Wildman–Crippen MR) is 54.4 cm³/mol. The van der Waals surface area contributed by atoms with Crippen LogP contribution in [0.2, 0.25) is 0 Å². The molecule has 0 rings (SSSR count). The average Bonchev–Trinajstić information content (AvgIpc) is 2.07. The molecule has 0 aromatic carbocycles. The third kappa shape index (κ3) is 7.49. The summed E-state index contributed by atoms with van der Waals surface area (Å²) in [7, 11) is -9.41. The van der Waals surface area contributed by atoms with E-state index in [1.165, 1.54) is 0 Å². The lowest BCUT2D eigenvalue weighted by Gasteiger charge is -2.25. The predicted octanol–water partition coefficient (Wildman–Crippen LogP) is 0.762. The second-order valence-electron chi connectivity index (χ2n) is 3.09. The van der Waals surface area contributed by atoms with Crippen molar-refractivity contribution in [3.05, 3.63) is 0 Å². The fourth-order valence-electron chi connectivity index (χ4n) is 1.16. The average molecular weight is 278 g/mol. The van der Waals surface area contributed by atoms with E-state index < -0.39 is 27.9 Å². The Hall–Kier alpha value is 0.220. The second-order valence-corrected chi connectivity index (χ2v) is 5.47. The maximum atomic E-state index is 10.6. The van der Waals surface area contributed by atoms with E-state index >= 15 is 0 Å². The van der Waals surface area contributed by atoms with Crippen molar-refractivity contribution < 1.29 is 37.8 Å². The molecular formula is C6H16O8P2. The first-order valence-electron chi connectivity index (χ1n) is 4.57. The van der Waals surface area contributed by atoms with Gasteiger partial charge in [-0.2, -0.15) is 0 Å². The van der Waals surface area contributed by atoms with Crippen LogP contribution in [-0.4, -0.2) is 31.8 Å². The Labute approximate surface area is 93.1 Å². The van der Waals surface area contributed by atoms with Crippen molar-refractivity contribution >= 4 is 15.6 Å². The Bertz CT molecular complexity index is 263. The van der Waals surface area contributed by atoms with Gasteiger partial charge in [0.05, 0.1) is 12.2 Å². The lowest BCUT2D eigenvalue weighted by atomic mass is 10.1. The van der Waals surface area contributed by atoms with Crippen molar-refractivity contribution in [3.63, 3.8) is 0 Å². The van der Waals surface area contributed by atoms with Gasteiger partial charge in [0.15, 0.2) is 0 Å². The van der Waals surface area contributed by atoms with Crippen molar-refractivity contribution in [2.45, 2.75) is 38.9 Å². The number of phosphoric acid groups is 2. The molecule has 0 saturated carbocycles. The normalized spacial score (nSPS) is 17.1. The first-order chi connectivity index (χ1) is 7.09. The largest absolute Gasteiger partial charge is 0.469 e. The summed E-state index contributed by atoms with van der Waals surface area (Å²) in [5.74, 6) is 0. The molecule has 2 atom stereocenters. The van der Waals surface area contributed by atoms with Crippen LogP contribution in [0, 0.1) is 0 Å². The van der Waals surface area contributed by atoms with E-state index in [-0.39, 0.29) is 12.8 Å². The van der Waals surface area contributed by atoms with Gasteiger partial charge >= 0.3 is 15.6 Å². The molecule has 0 bridgehead atoms. The second kappa shape index (κ2) is 6.23. The lowest BCUT2D eigenvalue weighted by Crippen LogP contribution is -2.29. The van der Waals surface area contributed by atoms with E-state index in [4.69, 9.17) is 19.6 Å². The lowest BCUT2D eigenvalue weighted by molar-refractivity contribution is 0.0114. The van der Waals surface area contributed by atoms with Gasteiger partial charge in [-0.15, -0.1) is 0 Å². The Morgan fingerprint density at radius 2 is 1.12 bits per heavy atom. The molecule has 0 saturated heterocycles. The smallest absolute Gasteiger partial charge is 0.303 e. The van der Waals surface area contributed by atoms with Gasteiger partial charge in [-0.3, -0.25) is 9.05 Å². The standard InChI is InChI=1S/C6H16O8P2/c1-3-5(13-15(7,8)9)6(4-2)14-16(10,11)12/h5-6H,3-4H2,1-2H3,(H2,7,8,9)(H2,10,11,12)/t5-,6+. The molecule has 0 aliphatic heterocycles. The summed E-state index contributed by atoms with van der Waals surface area (Å²) < 4.78 is 30.0. The Morgan fingerprint density at radius 1 is 0.875 bits per heavy atom. The van der Waals surface area contributed by atoms with E-state index in [9.17, 15) is 9.13 Å². The highest BCUT2D eigenvalue weighted by Gasteiger charge is 2.32. The monoisotopic (exact) mass is 278 g/mol. The highest BCUT2D eigenvalue weighted by atomic mass is 31.2. The first-order valence-corrected chi connectivity index (χ1v) is 7.63. The van der Waals surface area contributed by atoms with Gasteiger partial charge < -0.3 is 19.6 Å². The van der Waals surface area contributed by atoms with Crippen LogP contribution in [0.5, 0.6) is 0 Å². The summed E-state index contributed by atoms with van der Waals surface area (Å²) in [5.41, 5.74) is 0. The maximum Gasteiger partial charge on any atom is 0.469 e. The minimum absolute atomic E-state index is 0.156. The first kappa shape index (κ1) is 16.2. The molecule has 4 N–H and O–H groups in total. The molecule has 0 fully saturated rings. The molecule has 0 spiro atoms. The van der Waals surface area contributed by atoms with Crippen LogP contribution in [0.4, 0.5) is 0 Å². The van der Waals surface area contributed by atoms with Crippen LogP contribution in [0.3, 0.4) is 0 Å². The van der Waals surface area contributed by atoms with Crippen LogP contribution in [0.15, 0.2) is 0 Å². The molecule has 0 radical (unpaired) electrons. The van der Waals surface area contributed by atoms with E-state index in [1.807, 2.05) is 0 Å². The maximum absolute atomic E-state index is 10.6. The molecule has 0 heterocycles. The van der Waals surface area contributed by atoms with Gasteiger partial charge in [0.1, 0.15) is 0 Å². The Balaban J connectivity index is 4.64. The molecule has 0 unspecified atom stereocenters. The highest BCUT2D eigenvalue weighted by molar-refractivity contribution is 7.46. The summed E-state index contributed by atoms with van der Waals surface area (Å²) >= 11 is 0. The van der Waals surface area contributed by atoms with Gasteiger partial charge in [-0.05, 0) is 12.8 Å². The van der Waals surface area contributed by atoms with E-state index in [0.717, 1.165) is 0 Å². The van der Waals surface area contributed by atoms with Gasteiger partial charge in [0, 0.05) is 0 Å². The quantitative estimate of drug-likeness (QED) is 0.501. The molecule has 0 aliphatic rings. The van der Waals surface area contributed by atoms with E-state index in [2.05, 4.69) is 9.05 Å². The molecule has 98 valence electrons. The molecule has 0 aromatic heterocycles. The summed E-state index contributed by atoms with van der Waals surface area (Å²) in [4.78, 5) is 34.4. The van der Waals surface area contributed by atoms with E-state index in [1.54, 1.807) is 13.8 Å². The SMILES string of the molecule is CC[C@H](OP(=O)(O)O)[C@@H](CC)OP(=O)(O)O. The van der Waals surface area contributed by atoms with Crippen molar-refractivity contribution in [2.75, 3.05) is 0 Å². The third-order valence-corrected chi connectivity index (χ3v) is 2.86. The summed E-state index contributed by atoms with van der Waals surface area (Å²) in [6.45, 7) is 3.12. The zero-order valence-electron chi connectivity index (χ0n) is 8.89. The van der Waals surface area contributed by atoms with Crippen molar-refractivity contribution in [1.29, 1.82) is 0 Å². The molecule has 0 amide bonds. The molecular weight excluding hydrogens is 262 g/mol. The zero-order chi connectivity index (χ0) is 13.0. The van der Waals surface area contributed by atoms with Crippen molar-refractivity contribution in [3.8, 4) is 0 Å². The highest BCUT2D eigenvalue weighted by Crippen LogP contribution is 2.44. The van der Waals surface area contributed by atoms with Crippen LogP contribution in [0.25, 0.3) is 0 Å². The van der Waals surface area contributed by atoms with Gasteiger partial charge in [-0.25, -0.2) is 9.13 Å². The molecule has 10 heteroatoms. The number of hydrogen-bond acceptors (Lipinski definition) is 4. The Morgan fingerprint density at radius 3 is 1.25 bits per heavy atom. The van der Waals surface area contributed by atoms with Gasteiger partial charge in [0.25, 0.3) is 0 Å². The Kier molecular flexibility index (Phi) is 6.32. The van der Waals surface area contributed by atoms with Crippen LogP contribution in [-0.2, 0) is 18.2 Å². The molecule has 0 aliphatic carbocycles. The summed E-state index contributed by atoms with van der Waals surface area (Å²) in [5, 5.41) is 0. The minimum atomic E-state index is -4.70. The number of hydrogen-bond donors (Lipinski definition) is 4. The summed E-state index contributed by atoms with van der Waals surface area (Å²) in [6, 6.07) is 0. The number of phosphoric ester groups is 2. The van der Waals surface area contributed by atoms with Crippen LogP contribution < -0.4 is 0 Å². The van der Waals surface area contributed by atoms with Gasteiger partial charge in [-0.1, -0.05) is 13.8 Å². The zero-order valence-corrected chi connectivity index (χ0v) is 10.7.